The van der Waals surface area contributed by atoms with E-state index in [0.29, 0.717) is 6.04 Å². The SMILES string of the molecule is CC(Nc1cc2ncccn2n1)C(C)(C)C. The van der Waals surface area contributed by atoms with Gasteiger partial charge in [0, 0.05) is 24.5 Å². The third-order valence-electron chi connectivity index (χ3n) is 2.90. The van der Waals surface area contributed by atoms with E-state index in [-0.39, 0.29) is 5.41 Å². The van der Waals surface area contributed by atoms with E-state index in [2.05, 4.69) is 43.1 Å². The van der Waals surface area contributed by atoms with Gasteiger partial charge in [0.1, 0.15) is 0 Å². The highest BCUT2D eigenvalue weighted by Crippen LogP contribution is 2.22. The lowest BCUT2D eigenvalue weighted by molar-refractivity contribution is 0.358. The second kappa shape index (κ2) is 3.77. The molecule has 1 unspecified atom stereocenters. The number of hydrogen-bond donors (Lipinski definition) is 1. The summed E-state index contributed by atoms with van der Waals surface area (Å²) in [6, 6.07) is 4.19. The van der Waals surface area contributed by atoms with Crippen LogP contribution in [-0.2, 0) is 0 Å². The van der Waals surface area contributed by atoms with Crippen molar-refractivity contribution in [3.63, 3.8) is 0 Å². The molecule has 0 radical (unpaired) electrons. The fraction of sp³-hybridized carbons (Fsp3) is 0.500. The van der Waals surface area contributed by atoms with Gasteiger partial charge < -0.3 is 5.32 Å². The van der Waals surface area contributed by atoms with Crippen molar-refractivity contribution in [2.75, 3.05) is 5.32 Å². The van der Waals surface area contributed by atoms with Crippen molar-refractivity contribution >= 4 is 11.5 Å². The minimum Gasteiger partial charge on any atom is -0.366 e. The lowest BCUT2D eigenvalue weighted by Crippen LogP contribution is -2.30. The van der Waals surface area contributed by atoms with Crippen molar-refractivity contribution in [1.29, 1.82) is 0 Å². The zero-order valence-corrected chi connectivity index (χ0v) is 10.2. The molecule has 0 aliphatic heterocycles. The van der Waals surface area contributed by atoms with E-state index in [9.17, 15) is 0 Å². The molecular formula is C12H18N4. The van der Waals surface area contributed by atoms with Gasteiger partial charge in [0.25, 0.3) is 0 Å². The van der Waals surface area contributed by atoms with E-state index >= 15 is 0 Å². The summed E-state index contributed by atoms with van der Waals surface area (Å²) in [6.07, 6.45) is 3.67. The molecule has 4 heteroatoms. The van der Waals surface area contributed by atoms with Crippen LogP contribution in [0.3, 0.4) is 0 Å². The number of nitrogens with zero attached hydrogens (tertiary/aromatic N) is 3. The molecule has 1 atom stereocenters. The van der Waals surface area contributed by atoms with Crippen LogP contribution in [0, 0.1) is 5.41 Å². The molecule has 86 valence electrons. The molecule has 0 aromatic carbocycles. The third-order valence-corrected chi connectivity index (χ3v) is 2.90. The van der Waals surface area contributed by atoms with E-state index in [0.717, 1.165) is 11.5 Å². The highest BCUT2D eigenvalue weighted by Gasteiger charge is 2.20. The fourth-order valence-corrected chi connectivity index (χ4v) is 1.34. The highest BCUT2D eigenvalue weighted by atomic mass is 15.3. The molecule has 2 aromatic rings. The van der Waals surface area contributed by atoms with Crippen LogP contribution >= 0.6 is 0 Å². The first kappa shape index (κ1) is 10.9. The summed E-state index contributed by atoms with van der Waals surface area (Å²) in [4.78, 5) is 4.23. The van der Waals surface area contributed by atoms with Crippen LogP contribution in [0.25, 0.3) is 5.65 Å². The molecule has 16 heavy (non-hydrogen) atoms. The minimum atomic E-state index is 0.212. The van der Waals surface area contributed by atoms with Crippen molar-refractivity contribution < 1.29 is 0 Å². The number of anilines is 1. The smallest absolute Gasteiger partial charge is 0.157 e. The molecule has 0 saturated heterocycles. The Kier molecular flexibility index (Phi) is 2.58. The summed E-state index contributed by atoms with van der Waals surface area (Å²) >= 11 is 0. The number of hydrogen-bond acceptors (Lipinski definition) is 3. The van der Waals surface area contributed by atoms with Crippen molar-refractivity contribution in [2.45, 2.75) is 33.7 Å². The quantitative estimate of drug-likeness (QED) is 0.842. The molecule has 2 rings (SSSR count). The Balaban J connectivity index is 2.22. The summed E-state index contributed by atoms with van der Waals surface area (Å²) in [7, 11) is 0. The zero-order chi connectivity index (χ0) is 11.8. The Labute approximate surface area is 95.7 Å². The van der Waals surface area contributed by atoms with Gasteiger partial charge >= 0.3 is 0 Å². The van der Waals surface area contributed by atoms with Crippen LogP contribution in [0.4, 0.5) is 5.82 Å². The third kappa shape index (κ3) is 2.15. The maximum atomic E-state index is 4.41. The summed E-state index contributed by atoms with van der Waals surface area (Å²) in [6.45, 7) is 8.79. The van der Waals surface area contributed by atoms with Gasteiger partial charge in [-0.25, -0.2) is 9.50 Å². The molecule has 2 heterocycles. The molecule has 0 amide bonds. The Morgan fingerprint density at radius 1 is 1.38 bits per heavy atom. The topological polar surface area (TPSA) is 42.2 Å². The fourth-order valence-electron chi connectivity index (χ4n) is 1.34. The molecule has 2 aromatic heterocycles. The monoisotopic (exact) mass is 218 g/mol. The molecule has 0 aliphatic rings. The molecule has 0 saturated carbocycles. The molecule has 0 aliphatic carbocycles. The highest BCUT2D eigenvalue weighted by molar-refractivity contribution is 5.50. The lowest BCUT2D eigenvalue weighted by atomic mass is 9.88. The van der Waals surface area contributed by atoms with Gasteiger partial charge in [-0.05, 0) is 18.4 Å². The van der Waals surface area contributed by atoms with Crippen molar-refractivity contribution in [1.82, 2.24) is 14.6 Å². The Morgan fingerprint density at radius 3 is 2.75 bits per heavy atom. The van der Waals surface area contributed by atoms with Gasteiger partial charge in [0.2, 0.25) is 0 Å². The van der Waals surface area contributed by atoms with Crippen LogP contribution < -0.4 is 5.32 Å². The van der Waals surface area contributed by atoms with Crippen LogP contribution in [-0.4, -0.2) is 20.6 Å². The van der Waals surface area contributed by atoms with Crippen molar-refractivity contribution in [3.8, 4) is 0 Å². The van der Waals surface area contributed by atoms with Gasteiger partial charge in [0.05, 0.1) is 0 Å². The first-order valence-corrected chi connectivity index (χ1v) is 5.54. The number of nitrogens with one attached hydrogen (secondary N) is 1. The van der Waals surface area contributed by atoms with Gasteiger partial charge in [-0.1, -0.05) is 20.8 Å². The molecular weight excluding hydrogens is 200 g/mol. The maximum absolute atomic E-state index is 4.41. The molecule has 1 N–H and O–H groups in total. The summed E-state index contributed by atoms with van der Waals surface area (Å²) in [5.41, 5.74) is 1.08. The van der Waals surface area contributed by atoms with Crippen LogP contribution in [0.1, 0.15) is 27.7 Å². The van der Waals surface area contributed by atoms with Gasteiger partial charge in [-0.2, -0.15) is 0 Å². The molecule has 0 spiro atoms. The normalized spacial score (nSPS) is 14.0. The molecule has 4 nitrogen and oxygen atoms in total. The molecule has 0 fully saturated rings. The zero-order valence-electron chi connectivity index (χ0n) is 10.2. The second-order valence-corrected chi connectivity index (χ2v) is 5.18. The minimum absolute atomic E-state index is 0.212. The second-order valence-electron chi connectivity index (χ2n) is 5.18. The number of aromatic nitrogens is 3. The maximum Gasteiger partial charge on any atom is 0.157 e. The number of fused-ring (bicyclic) bond motifs is 1. The molecule has 0 bridgehead atoms. The van der Waals surface area contributed by atoms with Crippen molar-refractivity contribution in [2.24, 2.45) is 5.41 Å². The predicted octanol–water partition coefficient (Wildman–Crippen LogP) is 2.58. The van der Waals surface area contributed by atoms with E-state index < -0.39 is 0 Å². The first-order valence-electron chi connectivity index (χ1n) is 5.54. The Morgan fingerprint density at radius 2 is 2.12 bits per heavy atom. The van der Waals surface area contributed by atoms with Gasteiger partial charge in [-0.3, -0.25) is 0 Å². The average Bonchev–Trinajstić information content (AvgIpc) is 2.58. The lowest BCUT2D eigenvalue weighted by Gasteiger charge is -2.27. The van der Waals surface area contributed by atoms with Crippen LogP contribution in [0.15, 0.2) is 24.5 Å². The van der Waals surface area contributed by atoms with E-state index in [1.54, 1.807) is 10.7 Å². The van der Waals surface area contributed by atoms with Gasteiger partial charge in [0.15, 0.2) is 11.5 Å². The summed E-state index contributed by atoms with van der Waals surface area (Å²) < 4.78 is 1.78. The standard InChI is InChI=1S/C12H18N4/c1-9(12(2,3)4)14-10-8-11-13-6-5-7-16(11)15-10/h5-9H,1-4H3,(H,14,15). The van der Waals surface area contributed by atoms with E-state index in [1.165, 1.54) is 0 Å². The Bertz CT molecular complexity index is 448. The largest absolute Gasteiger partial charge is 0.366 e. The average molecular weight is 218 g/mol. The van der Waals surface area contributed by atoms with E-state index in [4.69, 9.17) is 0 Å². The van der Waals surface area contributed by atoms with Gasteiger partial charge in [-0.15, -0.1) is 5.10 Å². The summed E-state index contributed by atoms with van der Waals surface area (Å²) in [5.74, 6) is 0.876. The van der Waals surface area contributed by atoms with E-state index in [1.807, 2.05) is 18.3 Å². The number of rotatable bonds is 2. The van der Waals surface area contributed by atoms with Crippen molar-refractivity contribution in [3.05, 3.63) is 24.5 Å². The Hall–Kier alpha value is -1.58. The van der Waals surface area contributed by atoms with Crippen LogP contribution in [0.5, 0.6) is 0 Å². The first-order chi connectivity index (χ1) is 7.47. The van der Waals surface area contributed by atoms with Crippen LogP contribution in [0.2, 0.25) is 0 Å². The summed E-state index contributed by atoms with van der Waals surface area (Å²) in [5, 5.41) is 7.81. The predicted molar refractivity (Wildman–Crippen MR) is 65.5 cm³/mol.